The van der Waals surface area contributed by atoms with Gasteiger partial charge in [-0.15, -0.1) is 0 Å². The highest BCUT2D eigenvalue weighted by molar-refractivity contribution is 7.07. The number of thiazole rings is 1. The number of fused-ring (bicyclic) bond motifs is 1. The molecular formula is C28H28N2O4S. The van der Waals surface area contributed by atoms with Crippen molar-refractivity contribution in [2.45, 2.75) is 32.7 Å². The summed E-state index contributed by atoms with van der Waals surface area (Å²) in [4.78, 5) is 31.9. The summed E-state index contributed by atoms with van der Waals surface area (Å²) in [5.74, 6) is 0.592. The van der Waals surface area contributed by atoms with Crippen LogP contribution in [0.3, 0.4) is 0 Å². The first kappa shape index (κ1) is 24.4. The molecule has 0 saturated carbocycles. The summed E-state index contributed by atoms with van der Waals surface area (Å²) in [7, 11) is 1.59. The second-order valence-corrected chi connectivity index (χ2v) is 9.57. The molecule has 1 aliphatic rings. The Kier molecular flexibility index (Phi) is 7.17. The van der Waals surface area contributed by atoms with Crippen LogP contribution in [0.4, 0.5) is 0 Å². The van der Waals surface area contributed by atoms with E-state index in [9.17, 15) is 9.59 Å². The molecule has 1 unspecified atom stereocenters. The van der Waals surface area contributed by atoms with Gasteiger partial charge >= 0.3 is 5.97 Å². The number of esters is 1. The third kappa shape index (κ3) is 4.91. The van der Waals surface area contributed by atoms with Gasteiger partial charge < -0.3 is 9.47 Å². The Hall–Kier alpha value is -3.71. The smallest absolute Gasteiger partial charge is 0.338 e. The average Bonchev–Trinajstić information content (AvgIpc) is 3.16. The van der Waals surface area contributed by atoms with Gasteiger partial charge in [0.1, 0.15) is 12.4 Å². The minimum Gasteiger partial charge on any atom is -0.497 e. The van der Waals surface area contributed by atoms with E-state index in [1.54, 1.807) is 18.6 Å². The summed E-state index contributed by atoms with van der Waals surface area (Å²) in [5, 5.41) is 0. The molecule has 0 aliphatic carbocycles. The zero-order valence-corrected chi connectivity index (χ0v) is 21.1. The van der Waals surface area contributed by atoms with Crippen molar-refractivity contribution in [3.8, 4) is 5.75 Å². The van der Waals surface area contributed by atoms with Crippen molar-refractivity contribution < 1.29 is 14.3 Å². The Morgan fingerprint density at radius 3 is 2.46 bits per heavy atom. The van der Waals surface area contributed by atoms with Crippen LogP contribution >= 0.6 is 11.3 Å². The number of hydrogen-bond donors (Lipinski definition) is 0. The molecule has 1 aromatic heterocycles. The molecule has 2 heterocycles. The first-order valence-electron chi connectivity index (χ1n) is 11.4. The lowest BCUT2D eigenvalue weighted by atomic mass is 9.96. The molecule has 2 aromatic carbocycles. The lowest BCUT2D eigenvalue weighted by Crippen LogP contribution is -2.39. The molecule has 0 fully saturated rings. The largest absolute Gasteiger partial charge is 0.497 e. The molecule has 7 heteroatoms. The predicted octanol–water partition coefficient (Wildman–Crippen LogP) is 4.10. The molecule has 0 radical (unpaired) electrons. The lowest BCUT2D eigenvalue weighted by molar-refractivity contribution is -0.138. The van der Waals surface area contributed by atoms with Crippen molar-refractivity contribution in [2.24, 2.45) is 4.99 Å². The highest BCUT2D eigenvalue weighted by Gasteiger charge is 2.33. The molecule has 0 saturated heterocycles. The van der Waals surface area contributed by atoms with Crippen molar-refractivity contribution in [2.75, 3.05) is 13.7 Å². The summed E-state index contributed by atoms with van der Waals surface area (Å²) >= 11 is 1.31. The summed E-state index contributed by atoms with van der Waals surface area (Å²) in [6, 6.07) is 14.8. The normalized spacial score (nSPS) is 15.6. The molecule has 0 amide bonds. The Labute approximate surface area is 208 Å². The number of ether oxygens (including phenoxy) is 2. The molecule has 180 valence electrons. The minimum atomic E-state index is -0.667. The van der Waals surface area contributed by atoms with E-state index in [0.29, 0.717) is 32.3 Å². The number of rotatable bonds is 7. The molecule has 4 rings (SSSR count). The number of hydrogen-bond acceptors (Lipinski definition) is 6. The van der Waals surface area contributed by atoms with Crippen LogP contribution in [0, 0.1) is 0 Å². The van der Waals surface area contributed by atoms with Crippen molar-refractivity contribution >= 4 is 23.4 Å². The van der Waals surface area contributed by atoms with Crippen LogP contribution in [-0.2, 0) is 9.53 Å². The van der Waals surface area contributed by atoms with E-state index >= 15 is 0 Å². The van der Waals surface area contributed by atoms with Crippen LogP contribution in [0.15, 0.2) is 82.2 Å². The van der Waals surface area contributed by atoms with Crippen LogP contribution in [0.25, 0.3) is 6.08 Å². The Balaban J connectivity index is 1.88. The number of allylic oxidation sites excluding steroid dienone is 1. The van der Waals surface area contributed by atoms with Crippen LogP contribution in [0.2, 0.25) is 0 Å². The van der Waals surface area contributed by atoms with E-state index < -0.39 is 12.0 Å². The first-order chi connectivity index (χ1) is 16.8. The highest BCUT2D eigenvalue weighted by Crippen LogP contribution is 2.31. The standard InChI is InChI=1S/C28H28N2O4S/c1-6-15-34-27(32)24-18(4)29-28-30(25(24)21-11-13-22(33-5)14-12-21)26(31)23(35-28)16-19-7-9-20(10-8-19)17(2)3/h6-14,16-17,25H,1,15H2,2-5H3. The highest BCUT2D eigenvalue weighted by atomic mass is 32.1. The summed E-state index contributed by atoms with van der Waals surface area (Å²) in [5.41, 5.74) is 3.58. The fourth-order valence-corrected chi connectivity index (χ4v) is 5.07. The fourth-order valence-electron chi connectivity index (χ4n) is 4.03. The van der Waals surface area contributed by atoms with E-state index in [2.05, 4.69) is 37.6 Å². The molecule has 0 bridgehead atoms. The van der Waals surface area contributed by atoms with Gasteiger partial charge in [-0.25, -0.2) is 9.79 Å². The third-order valence-corrected chi connectivity index (χ3v) is 6.89. The third-order valence-electron chi connectivity index (χ3n) is 5.91. The number of carbonyl (C=O) groups excluding carboxylic acids is 1. The van der Waals surface area contributed by atoms with Gasteiger partial charge in [0.25, 0.3) is 5.56 Å². The van der Waals surface area contributed by atoms with Gasteiger partial charge in [0.15, 0.2) is 4.80 Å². The Morgan fingerprint density at radius 1 is 1.17 bits per heavy atom. The van der Waals surface area contributed by atoms with Gasteiger partial charge in [0, 0.05) is 0 Å². The van der Waals surface area contributed by atoms with Gasteiger partial charge in [-0.2, -0.15) is 0 Å². The molecular weight excluding hydrogens is 460 g/mol. The SMILES string of the molecule is C=CCOC(=O)C1=C(C)N=c2sc(=Cc3ccc(C(C)C)cc3)c(=O)n2C1c1ccc(OC)cc1. The summed E-state index contributed by atoms with van der Waals surface area (Å²) in [6.07, 6.45) is 3.38. The zero-order chi connectivity index (χ0) is 25.1. The minimum absolute atomic E-state index is 0.0712. The van der Waals surface area contributed by atoms with Gasteiger partial charge in [-0.1, -0.05) is 74.2 Å². The molecule has 6 nitrogen and oxygen atoms in total. The van der Waals surface area contributed by atoms with Crippen LogP contribution in [-0.4, -0.2) is 24.3 Å². The van der Waals surface area contributed by atoms with E-state index in [-0.39, 0.29) is 12.2 Å². The maximum Gasteiger partial charge on any atom is 0.338 e. The Morgan fingerprint density at radius 2 is 1.86 bits per heavy atom. The van der Waals surface area contributed by atoms with Crippen LogP contribution in [0.5, 0.6) is 5.75 Å². The molecule has 0 spiro atoms. The van der Waals surface area contributed by atoms with Gasteiger partial charge in [0.2, 0.25) is 0 Å². The van der Waals surface area contributed by atoms with Crippen molar-refractivity contribution in [1.82, 2.24) is 4.57 Å². The molecule has 1 atom stereocenters. The predicted molar refractivity (Wildman–Crippen MR) is 138 cm³/mol. The number of nitrogens with zero attached hydrogens (tertiary/aromatic N) is 2. The topological polar surface area (TPSA) is 69.9 Å². The number of benzene rings is 2. The second kappa shape index (κ2) is 10.3. The lowest BCUT2D eigenvalue weighted by Gasteiger charge is -2.24. The number of carbonyl (C=O) groups is 1. The second-order valence-electron chi connectivity index (χ2n) is 8.56. The van der Waals surface area contributed by atoms with E-state index in [1.165, 1.54) is 23.0 Å². The average molecular weight is 489 g/mol. The summed E-state index contributed by atoms with van der Waals surface area (Å²) in [6.45, 7) is 9.74. The van der Waals surface area contributed by atoms with Gasteiger partial charge in [-0.3, -0.25) is 9.36 Å². The van der Waals surface area contributed by atoms with Crippen LogP contribution in [0.1, 0.15) is 49.4 Å². The zero-order valence-electron chi connectivity index (χ0n) is 20.3. The molecule has 35 heavy (non-hydrogen) atoms. The van der Waals surface area contributed by atoms with Crippen molar-refractivity contribution in [3.63, 3.8) is 0 Å². The maximum absolute atomic E-state index is 13.7. The van der Waals surface area contributed by atoms with Crippen molar-refractivity contribution in [1.29, 1.82) is 0 Å². The Bertz CT molecular complexity index is 1460. The first-order valence-corrected chi connectivity index (χ1v) is 12.2. The monoisotopic (exact) mass is 488 g/mol. The fraction of sp³-hybridized carbons (Fsp3) is 0.250. The quantitative estimate of drug-likeness (QED) is 0.371. The van der Waals surface area contributed by atoms with E-state index in [4.69, 9.17) is 9.47 Å². The van der Waals surface area contributed by atoms with Gasteiger partial charge in [0.05, 0.1) is 29.0 Å². The van der Waals surface area contributed by atoms with E-state index in [0.717, 1.165) is 11.1 Å². The van der Waals surface area contributed by atoms with Gasteiger partial charge in [-0.05, 0) is 47.7 Å². The maximum atomic E-state index is 13.7. The number of aromatic nitrogens is 1. The molecule has 3 aromatic rings. The summed E-state index contributed by atoms with van der Waals surface area (Å²) < 4.78 is 12.8. The number of methoxy groups -OCH3 is 1. The molecule has 0 N–H and O–H groups in total. The van der Waals surface area contributed by atoms with Crippen LogP contribution < -0.4 is 19.6 Å². The van der Waals surface area contributed by atoms with E-state index in [1.807, 2.05) is 42.5 Å². The molecule has 1 aliphatic heterocycles. The van der Waals surface area contributed by atoms with Crippen molar-refractivity contribution in [3.05, 3.63) is 109 Å².